The van der Waals surface area contributed by atoms with E-state index in [2.05, 4.69) is 9.97 Å². The van der Waals surface area contributed by atoms with Crippen LogP contribution in [0.5, 0.6) is 0 Å². The molecule has 0 radical (unpaired) electrons. The van der Waals surface area contributed by atoms with Crippen LogP contribution < -0.4 is 5.69 Å². The Balaban J connectivity index is 2.32. The van der Waals surface area contributed by atoms with Crippen molar-refractivity contribution in [3.05, 3.63) is 58.5 Å². The van der Waals surface area contributed by atoms with Gasteiger partial charge in [-0.25, -0.2) is 14.8 Å². The molecule has 0 aliphatic heterocycles. The van der Waals surface area contributed by atoms with Crippen molar-refractivity contribution in [1.29, 1.82) is 5.26 Å². The van der Waals surface area contributed by atoms with E-state index in [1.54, 1.807) is 30.6 Å². The third-order valence-corrected chi connectivity index (χ3v) is 2.07. The molecule has 2 aromatic heterocycles. The number of hydrogen-bond donors (Lipinski definition) is 0. The van der Waals surface area contributed by atoms with Gasteiger partial charge in [0.05, 0.1) is 6.54 Å². The van der Waals surface area contributed by atoms with Gasteiger partial charge in [0.25, 0.3) is 0 Å². The smallest absolute Gasteiger partial charge is 0.295 e. The van der Waals surface area contributed by atoms with Gasteiger partial charge < -0.3 is 0 Å². The molecule has 78 valence electrons. The summed E-state index contributed by atoms with van der Waals surface area (Å²) in [5.41, 5.74) is 0.883. The monoisotopic (exact) mass is 212 g/mol. The van der Waals surface area contributed by atoms with Crippen molar-refractivity contribution in [3.63, 3.8) is 0 Å². The summed E-state index contributed by atoms with van der Waals surface area (Å²) in [7, 11) is 0. The van der Waals surface area contributed by atoms with Gasteiger partial charge in [0.1, 0.15) is 11.8 Å². The average molecular weight is 212 g/mol. The zero-order valence-corrected chi connectivity index (χ0v) is 8.37. The molecular formula is C11H8N4O. The summed E-state index contributed by atoms with van der Waals surface area (Å²) < 4.78 is 1.47. The summed E-state index contributed by atoms with van der Waals surface area (Å²) in [6, 6.07) is 7.06. The molecule has 0 aliphatic rings. The highest BCUT2D eigenvalue weighted by Crippen LogP contribution is 2.02. The molecule has 0 aliphatic carbocycles. The Hall–Kier alpha value is -2.48. The van der Waals surface area contributed by atoms with Gasteiger partial charge in [-0.15, -0.1) is 0 Å². The molecule has 0 aromatic carbocycles. The lowest BCUT2D eigenvalue weighted by molar-refractivity contribution is 0.726. The Morgan fingerprint density at radius 2 is 2.25 bits per heavy atom. The molecule has 16 heavy (non-hydrogen) atoms. The first-order chi connectivity index (χ1) is 7.79. The molecule has 0 unspecified atom stereocenters. The third-order valence-electron chi connectivity index (χ3n) is 2.07. The van der Waals surface area contributed by atoms with E-state index >= 15 is 0 Å². The van der Waals surface area contributed by atoms with Gasteiger partial charge in [-0.1, -0.05) is 0 Å². The molecule has 0 amide bonds. The molecule has 2 heterocycles. The molecule has 2 aromatic rings. The summed E-state index contributed by atoms with van der Waals surface area (Å²) in [6.45, 7) is 0.393. The number of nitriles is 1. The second kappa shape index (κ2) is 4.36. The van der Waals surface area contributed by atoms with Crippen LogP contribution in [0.25, 0.3) is 0 Å². The van der Waals surface area contributed by atoms with Crippen LogP contribution in [0, 0.1) is 11.3 Å². The zero-order valence-electron chi connectivity index (χ0n) is 8.37. The number of pyridine rings is 1. The summed E-state index contributed by atoms with van der Waals surface area (Å²) in [5, 5.41) is 8.69. The lowest BCUT2D eigenvalue weighted by Gasteiger charge is -2.03. The van der Waals surface area contributed by atoms with Crippen LogP contribution >= 0.6 is 0 Å². The molecule has 0 atom stereocenters. The van der Waals surface area contributed by atoms with Gasteiger partial charge in [0, 0.05) is 18.6 Å². The van der Waals surface area contributed by atoms with Crippen LogP contribution in [-0.2, 0) is 6.54 Å². The minimum Gasteiger partial charge on any atom is -0.295 e. The SMILES string of the molecule is N#Cc1cc(Cn2cccnc2=O)ccn1. The number of nitrogens with zero attached hydrogens (tertiary/aromatic N) is 4. The van der Waals surface area contributed by atoms with Crippen molar-refractivity contribution < 1.29 is 0 Å². The van der Waals surface area contributed by atoms with Gasteiger partial charge in [-0.2, -0.15) is 5.26 Å². The summed E-state index contributed by atoms with van der Waals surface area (Å²) >= 11 is 0. The average Bonchev–Trinajstić information content (AvgIpc) is 2.32. The lowest BCUT2D eigenvalue weighted by Crippen LogP contribution is -2.21. The van der Waals surface area contributed by atoms with Crippen molar-refractivity contribution in [2.24, 2.45) is 0 Å². The van der Waals surface area contributed by atoms with E-state index in [0.29, 0.717) is 12.2 Å². The fourth-order valence-electron chi connectivity index (χ4n) is 1.34. The molecule has 0 spiro atoms. The van der Waals surface area contributed by atoms with Crippen molar-refractivity contribution in [2.45, 2.75) is 6.54 Å². The van der Waals surface area contributed by atoms with Gasteiger partial charge in [-0.3, -0.25) is 4.57 Å². The standard InChI is InChI=1S/C11H8N4O/c12-7-10-6-9(2-4-13-10)8-15-5-1-3-14-11(15)16/h1-6H,8H2. The third kappa shape index (κ3) is 2.12. The van der Waals surface area contributed by atoms with E-state index < -0.39 is 0 Å². The van der Waals surface area contributed by atoms with E-state index in [9.17, 15) is 4.79 Å². The molecule has 0 N–H and O–H groups in total. The molecule has 5 nitrogen and oxygen atoms in total. The summed E-state index contributed by atoms with van der Waals surface area (Å²) in [6.07, 6.45) is 4.66. The van der Waals surface area contributed by atoms with Crippen LogP contribution in [0.1, 0.15) is 11.3 Å². The normalized spacial score (nSPS) is 9.69. The predicted molar refractivity (Wildman–Crippen MR) is 56.6 cm³/mol. The van der Waals surface area contributed by atoms with Gasteiger partial charge >= 0.3 is 5.69 Å². The van der Waals surface area contributed by atoms with Crippen molar-refractivity contribution in [3.8, 4) is 6.07 Å². The maximum atomic E-state index is 11.3. The topological polar surface area (TPSA) is 71.6 Å². The van der Waals surface area contributed by atoms with E-state index in [0.717, 1.165) is 5.56 Å². The highest BCUT2D eigenvalue weighted by molar-refractivity contribution is 5.25. The van der Waals surface area contributed by atoms with E-state index in [1.165, 1.54) is 10.8 Å². The molecule has 5 heteroatoms. The Morgan fingerprint density at radius 1 is 1.38 bits per heavy atom. The Bertz CT molecular complexity index is 597. The van der Waals surface area contributed by atoms with Gasteiger partial charge in [0.15, 0.2) is 0 Å². The maximum absolute atomic E-state index is 11.3. The molecule has 0 saturated heterocycles. The number of aromatic nitrogens is 3. The fourth-order valence-corrected chi connectivity index (χ4v) is 1.34. The first-order valence-corrected chi connectivity index (χ1v) is 4.66. The first kappa shape index (κ1) is 10.1. The second-order valence-corrected chi connectivity index (χ2v) is 3.19. The maximum Gasteiger partial charge on any atom is 0.347 e. The molecule has 0 bridgehead atoms. The highest BCUT2D eigenvalue weighted by atomic mass is 16.1. The van der Waals surface area contributed by atoms with Crippen LogP contribution in [0.4, 0.5) is 0 Å². The van der Waals surface area contributed by atoms with E-state index in [-0.39, 0.29) is 5.69 Å². The molecule has 2 rings (SSSR count). The Kier molecular flexibility index (Phi) is 2.74. The largest absolute Gasteiger partial charge is 0.347 e. The quantitative estimate of drug-likeness (QED) is 0.729. The van der Waals surface area contributed by atoms with Crippen molar-refractivity contribution in [2.75, 3.05) is 0 Å². The highest BCUT2D eigenvalue weighted by Gasteiger charge is 1.99. The Labute approximate surface area is 91.6 Å². The van der Waals surface area contributed by atoms with Crippen LogP contribution in [0.15, 0.2) is 41.6 Å². The Morgan fingerprint density at radius 3 is 3.00 bits per heavy atom. The van der Waals surface area contributed by atoms with Gasteiger partial charge in [0.2, 0.25) is 0 Å². The molecular weight excluding hydrogens is 204 g/mol. The minimum atomic E-state index is -0.308. The second-order valence-electron chi connectivity index (χ2n) is 3.19. The van der Waals surface area contributed by atoms with E-state index in [4.69, 9.17) is 5.26 Å². The molecule has 0 fully saturated rings. The van der Waals surface area contributed by atoms with Crippen LogP contribution in [0.3, 0.4) is 0 Å². The fraction of sp³-hybridized carbons (Fsp3) is 0.0909. The first-order valence-electron chi connectivity index (χ1n) is 4.66. The zero-order chi connectivity index (χ0) is 11.4. The lowest BCUT2D eigenvalue weighted by atomic mass is 10.2. The van der Waals surface area contributed by atoms with Gasteiger partial charge in [-0.05, 0) is 23.8 Å². The predicted octanol–water partition coefficient (Wildman–Crippen LogP) is 0.558. The van der Waals surface area contributed by atoms with Crippen LogP contribution in [0.2, 0.25) is 0 Å². The number of rotatable bonds is 2. The van der Waals surface area contributed by atoms with Crippen LogP contribution in [-0.4, -0.2) is 14.5 Å². The van der Waals surface area contributed by atoms with E-state index in [1.807, 2.05) is 6.07 Å². The van der Waals surface area contributed by atoms with Crippen molar-refractivity contribution >= 4 is 0 Å². The van der Waals surface area contributed by atoms with Crippen molar-refractivity contribution in [1.82, 2.24) is 14.5 Å². The minimum absolute atomic E-state index is 0.308. The summed E-state index contributed by atoms with van der Waals surface area (Å²) in [5.74, 6) is 0. The molecule has 0 saturated carbocycles. The summed E-state index contributed by atoms with van der Waals surface area (Å²) in [4.78, 5) is 18.9. The number of hydrogen-bond acceptors (Lipinski definition) is 4.